The molecule has 5 heterocycles. The van der Waals surface area contributed by atoms with Crippen LogP contribution in [0.3, 0.4) is 0 Å². The van der Waals surface area contributed by atoms with E-state index in [1.807, 2.05) is 12.1 Å². The second-order valence-electron chi connectivity index (χ2n) is 9.80. The number of hydrogen-bond donors (Lipinski definition) is 2. The SMILES string of the molecule is O=C1COc2cc(-c3cnc(C4C5CC5c5nc(-c6cc(Cl)ccc6-n6cnnn6)cc(=O)n54)[nH]3)ccc2N1. The van der Waals surface area contributed by atoms with E-state index in [0.29, 0.717) is 39.2 Å². The Balaban J connectivity index is 1.17. The number of ether oxygens (including phenoxy) is 1. The molecule has 3 aliphatic rings. The van der Waals surface area contributed by atoms with Crippen LogP contribution in [0.1, 0.15) is 30.0 Å². The quantitative estimate of drug-likeness (QED) is 0.354. The second kappa shape index (κ2) is 8.08. The van der Waals surface area contributed by atoms with E-state index in [1.54, 1.807) is 35.0 Å². The first kappa shape index (κ1) is 22.2. The molecule has 3 unspecified atom stereocenters. The third-order valence-electron chi connectivity index (χ3n) is 7.47. The topological polar surface area (TPSA) is 146 Å². The summed E-state index contributed by atoms with van der Waals surface area (Å²) in [7, 11) is 0. The van der Waals surface area contributed by atoms with Crippen molar-refractivity contribution in [1.82, 2.24) is 39.7 Å². The number of aromatic amines is 1. The summed E-state index contributed by atoms with van der Waals surface area (Å²) < 4.78 is 8.82. The van der Waals surface area contributed by atoms with Crippen LogP contribution < -0.4 is 15.6 Å². The lowest BCUT2D eigenvalue weighted by Crippen LogP contribution is -2.27. The fourth-order valence-electron chi connectivity index (χ4n) is 5.63. The van der Waals surface area contributed by atoms with Crippen LogP contribution in [-0.4, -0.2) is 52.2 Å². The molecule has 13 heteroatoms. The Kier molecular flexibility index (Phi) is 4.59. The molecule has 5 aromatic rings. The van der Waals surface area contributed by atoms with Crippen molar-refractivity contribution in [3.8, 4) is 34.0 Å². The number of imidazole rings is 1. The lowest BCUT2D eigenvalue weighted by Gasteiger charge is -2.18. The molecule has 12 nitrogen and oxygen atoms in total. The minimum Gasteiger partial charge on any atom is -0.482 e. The van der Waals surface area contributed by atoms with Crippen molar-refractivity contribution in [3.63, 3.8) is 0 Å². The van der Waals surface area contributed by atoms with Gasteiger partial charge >= 0.3 is 0 Å². The normalized spacial score (nSPS) is 20.5. The first-order valence-corrected chi connectivity index (χ1v) is 12.7. The molecule has 0 spiro atoms. The molecule has 2 aliphatic heterocycles. The van der Waals surface area contributed by atoms with E-state index in [1.165, 1.54) is 17.1 Å². The van der Waals surface area contributed by atoms with Crippen molar-refractivity contribution in [1.29, 1.82) is 0 Å². The highest BCUT2D eigenvalue weighted by Gasteiger charge is 2.55. The summed E-state index contributed by atoms with van der Waals surface area (Å²) in [4.78, 5) is 38.1. The molecule has 2 aromatic carbocycles. The summed E-state index contributed by atoms with van der Waals surface area (Å²) in [6.07, 6.45) is 4.17. The van der Waals surface area contributed by atoms with Gasteiger partial charge in [0.2, 0.25) is 0 Å². The van der Waals surface area contributed by atoms with Gasteiger partial charge in [-0.05, 0) is 53.1 Å². The predicted octanol–water partition coefficient (Wildman–Crippen LogP) is 2.97. The average Bonchev–Trinajstić information content (AvgIpc) is 3.28. The number of fused-ring (bicyclic) bond motifs is 4. The number of aromatic nitrogens is 8. The first-order chi connectivity index (χ1) is 19.0. The maximum absolute atomic E-state index is 13.6. The number of H-pyrrole nitrogens is 1. The lowest BCUT2D eigenvalue weighted by atomic mass is 10.1. The van der Waals surface area contributed by atoms with Gasteiger partial charge in [-0.2, -0.15) is 4.68 Å². The number of amides is 1. The number of nitrogens with zero attached hydrogens (tertiary/aromatic N) is 7. The van der Waals surface area contributed by atoms with E-state index >= 15 is 0 Å². The van der Waals surface area contributed by atoms with Crippen molar-refractivity contribution in [2.45, 2.75) is 18.4 Å². The summed E-state index contributed by atoms with van der Waals surface area (Å²) in [6, 6.07) is 12.2. The van der Waals surface area contributed by atoms with Crippen LogP contribution in [-0.2, 0) is 4.79 Å². The van der Waals surface area contributed by atoms with E-state index in [2.05, 4.69) is 30.8 Å². The third-order valence-corrected chi connectivity index (χ3v) is 7.70. The maximum atomic E-state index is 13.6. The van der Waals surface area contributed by atoms with Gasteiger partial charge in [-0.25, -0.2) is 9.97 Å². The number of benzene rings is 2. The number of hydrogen-bond acceptors (Lipinski definition) is 8. The monoisotopic (exact) mass is 539 g/mol. The van der Waals surface area contributed by atoms with Crippen molar-refractivity contribution in [3.05, 3.63) is 82.0 Å². The minimum absolute atomic E-state index is 0.0170. The highest BCUT2D eigenvalue weighted by atomic mass is 35.5. The number of carbonyl (C=O) groups is 1. The van der Waals surface area contributed by atoms with Gasteiger partial charge in [-0.15, -0.1) is 5.10 Å². The molecule has 1 fully saturated rings. The second-order valence-corrected chi connectivity index (χ2v) is 10.2. The lowest BCUT2D eigenvalue weighted by molar-refractivity contribution is -0.118. The molecular weight excluding hydrogens is 522 g/mol. The Morgan fingerprint density at radius 2 is 2.03 bits per heavy atom. The summed E-state index contributed by atoms with van der Waals surface area (Å²) >= 11 is 6.31. The summed E-state index contributed by atoms with van der Waals surface area (Å²) in [5, 5.41) is 14.7. The van der Waals surface area contributed by atoms with Gasteiger partial charge in [-0.3, -0.25) is 14.2 Å². The number of tetrazole rings is 1. The molecule has 0 saturated heterocycles. The Morgan fingerprint density at radius 3 is 2.90 bits per heavy atom. The van der Waals surface area contributed by atoms with E-state index in [4.69, 9.17) is 21.3 Å². The Hall–Kier alpha value is -4.84. The van der Waals surface area contributed by atoms with Crippen molar-refractivity contribution in [2.75, 3.05) is 11.9 Å². The molecule has 0 bridgehead atoms. The van der Waals surface area contributed by atoms with E-state index in [-0.39, 0.29) is 36.0 Å². The smallest absolute Gasteiger partial charge is 0.262 e. The Morgan fingerprint density at radius 1 is 1.10 bits per heavy atom. The van der Waals surface area contributed by atoms with Crippen molar-refractivity contribution < 1.29 is 9.53 Å². The zero-order valence-electron chi connectivity index (χ0n) is 20.1. The molecule has 1 saturated carbocycles. The van der Waals surface area contributed by atoms with Crippen LogP contribution in [0.15, 0.2) is 59.8 Å². The van der Waals surface area contributed by atoms with Gasteiger partial charge in [0, 0.05) is 28.1 Å². The van der Waals surface area contributed by atoms with E-state index < -0.39 is 0 Å². The fourth-order valence-corrected chi connectivity index (χ4v) is 5.80. The Bertz CT molecular complexity index is 1860. The number of carbonyl (C=O) groups excluding carboxylic acids is 1. The molecule has 0 radical (unpaired) electrons. The zero-order chi connectivity index (χ0) is 26.2. The number of nitrogens with one attached hydrogen (secondary N) is 2. The summed E-state index contributed by atoms with van der Waals surface area (Å²) in [5.41, 5.74) is 4.00. The number of anilines is 1. The van der Waals surface area contributed by atoms with Gasteiger partial charge < -0.3 is 15.0 Å². The van der Waals surface area contributed by atoms with Gasteiger partial charge in [0.05, 0.1) is 35.0 Å². The van der Waals surface area contributed by atoms with Crippen molar-refractivity contribution >= 4 is 23.2 Å². The first-order valence-electron chi connectivity index (χ1n) is 12.3. The van der Waals surface area contributed by atoms with Gasteiger partial charge in [0.15, 0.2) is 6.61 Å². The van der Waals surface area contributed by atoms with Crippen LogP contribution in [0, 0.1) is 5.92 Å². The summed E-state index contributed by atoms with van der Waals surface area (Å²) in [6.45, 7) is -0.0170. The van der Waals surface area contributed by atoms with E-state index in [9.17, 15) is 9.59 Å². The molecule has 39 heavy (non-hydrogen) atoms. The molecular formula is C26H18ClN9O3. The molecule has 1 aliphatic carbocycles. The Labute approximate surface area is 224 Å². The molecule has 3 aromatic heterocycles. The molecule has 2 N–H and O–H groups in total. The van der Waals surface area contributed by atoms with Gasteiger partial charge in [0.25, 0.3) is 11.5 Å². The molecule has 1 amide bonds. The van der Waals surface area contributed by atoms with Crippen LogP contribution >= 0.6 is 11.6 Å². The number of halogens is 1. The van der Waals surface area contributed by atoms with E-state index in [0.717, 1.165) is 23.5 Å². The highest BCUT2D eigenvalue weighted by molar-refractivity contribution is 6.31. The molecule has 3 atom stereocenters. The third kappa shape index (κ3) is 3.48. The standard InChI is InChI=1S/C26H18ClN9O3/c27-13-2-4-20(35-11-29-33-34-35)16(6-13)18-8-23(38)36-24(14-7-15(14)26(36)32-18)25-28-9-19(31-25)12-1-3-17-21(5-12)39-10-22(37)30-17/h1-6,8-9,11,14-15,24H,7,10H2,(H,28,31)(H,30,37). The highest BCUT2D eigenvalue weighted by Crippen LogP contribution is 2.59. The van der Waals surface area contributed by atoms with Crippen LogP contribution in [0.4, 0.5) is 5.69 Å². The fraction of sp³-hybridized carbons (Fsp3) is 0.192. The predicted molar refractivity (Wildman–Crippen MR) is 139 cm³/mol. The zero-order valence-corrected chi connectivity index (χ0v) is 20.8. The maximum Gasteiger partial charge on any atom is 0.262 e. The van der Waals surface area contributed by atoms with Crippen LogP contribution in [0.2, 0.25) is 5.02 Å². The van der Waals surface area contributed by atoms with Crippen LogP contribution in [0.25, 0.3) is 28.2 Å². The van der Waals surface area contributed by atoms with Crippen LogP contribution in [0.5, 0.6) is 5.75 Å². The summed E-state index contributed by atoms with van der Waals surface area (Å²) in [5.74, 6) is 2.28. The average molecular weight is 540 g/mol. The van der Waals surface area contributed by atoms with Crippen molar-refractivity contribution in [2.24, 2.45) is 5.92 Å². The van der Waals surface area contributed by atoms with Gasteiger partial charge in [-0.1, -0.05) is 17.7 Å². The number of rotatable bonds is 4. The largest absolute Gasteiger partial charge is 0.482 e. The van der Waals surface area contributed by atoms with Gasteiger partial charge in [0.1, 0.15) is 23.7 Å². The molecule has 192 valence electrons. The minimum atomic E-state index is -0.237. The molecule has 8 rings (SSSR count).